The Balaban J connectivity index is 0.000000451. The van der Waals surface area contributed by atoms with Gasteiger partial charge in [0, 0.05) is 12.4 Å². The van der Waals surface area contributed by atoms with Crippen LogP contribution in [0.15, 0.2) is 18.7 Å². The Kier molecular flexibility index (Phi) is 5.76. The first-order chi connectivity index (χ1) is 12.6. The van der Waals surface area contributed by atoms with Crippen LogP contribution in [0.2, 0.25) is 0 Å². The average molecular weight is 402 g/mol. The van der Waals surface area contributed by atoms with Crippen LogP contribution in [0.3, 0.4) is 0 Å². The van der Waals surface area contributed by atoms with Crippen LogP contribution in [0.4, 0.5) is 43.9 Å². The summed E-state index contributed by atoms with van der Waals surface area (Å²) in [6, 6.07) is 0. The van der Waals surface area contributed by atoms with Crippen LogP contribution in [-0.4, -0.2) is 9.97 Å². The van der Waals surface area contributed by atoms with Gasteiger partial charge in [0.05, 0.1) is 17.5 Å². The van der Waals surface area contributed by atoms with Gasteiger partial charge in [-0.1, -0.05) is 0 Å². The molecule has 3 rings (SSSR count). The molecule has 1 N–H and O–H groups in total. The fraction of sp³-hybridized carbons (Fsp3) is 0. The van der Waals surface area contributed by atoms with E-state index in [1.807, 2.05) is 0 Å². The standard InChI is InChI=1S/C12F10.C3H4N2/c13-3-1(4(14)8(18)11(21)7(3)17)2-5(15)9(19)12(22)10(20)6(2)16;1-2-5-3-4-1/h;1-3H,(H,4,5). The van der Waals surface area contributed by atoms with Gasteiger partial charge in [-0.25, -0.2) is 48.9 Å². The molecule has 1 aromatic heterocycles. The van der Waals surface area contributed by atoms with Crippen molar-refractivity contribution in [3.05, 3.63) is 76.9 Å². The van der Waals surface area contributed by atoms with Gasteiger partial charge in [-0.2, -0.15) is 0 Å². The van der Waals surface area contributed by atoms with Gasteiger partial charge in [-0.15, -0.1) is 0 Å². The molecule has 0 spiro atoms. The molecule has 2 aromatic carbocycles. The van der Waals surface area contributed by atoms with Gasteiger partial charge in [-0.05, 0) is 0 Å². The van der Waals surface area contributed by atoms with Crippen LogP contribution in [-0.2, 0) is 0 Å². The van der Waals surface area contributed by atoms with E-state index in [9.17, 15) is 43.9 Å². The normalized spacial score (nSPS) is 10.6. The molecule has 0 radical (unpaired) electrons. The second kappa shape index (κ2) is 7.68. The van der Waals surface area contributed by atoms with E-state index in [1.165, 1.54) is 0 Å². The maximum atomic E-state index is 13.4. The van der Waals surface area contributed by atoms with Crippen molar-refractivity contribution in [2.45, 2.75) is 0 Å². The lowest BCUT2D eigenvalue weighted by atomic mass is 10.0. The zero-order chi connectivity index (χ0) is 20.5. The molecule has 0 fully saturated rings. The van der Waals surface area contributed by atoms with Crippen molar-refractivity contribution in [3.8, 4) is 11.1 Å². The summed E-state index contributed by atoms with van der Waals surface area (Å²) in [5.41, 5.74) is -4.52. The van der Waals surface area contributed by atoms with E-state index in [1.54, 1.807) is 18.7 Å². The molecule has 0 aliphatic rings. The summed E-state index contributed by atoms with van der Waals surface area (Å²) in [5.74, 6) is -26.6. The summed E-state index contributed by atoms with van der Waals surface area (Å²) in [7, 11) is 0. The van der Waals surface area contributed by atoms with Gasteiger partial charge in [0.15, 0.2) is 46.5 Å². The summed E-state index contributed by atoms with van der Waals surface area (Å²) in [4.78, 5) is 6.42. The second-order valence-electron chi connectivity index (χ2n) is 4.65. The highest BCUT2D eigenvalue weighted by Crippen LogP contribution is 2.37. The van der Waals surface area contributed by atoms with Crippen molar-refractivity contribution in [2.75, 3.05) is 0 Å². The van der Waals surface area contributed by atoms with Gasteiger partial charge >= 0.3 is 0 Å². The molecule has 3 aromatic rings. The number of hydrogen-bond acceptors (Lipinski definition) is 1. The van der Waals surface area contributed by atoms with E-state index >= 15 is 0 Å². The molecule has 12 heteroatoms. The lowest BCUT2D eigenvalue weighted by molar-refractivity contribution is 0.370. The molecule has 0 atom stereocenters. The molecule has 0 aliphatic carbocycles. The van der Waals surface area contributed by atoms with E-state index in [0.29, 0.717) is 0 Å². The number of halogens is 10. The second-order valence-corrected chi connectivity index (χ2v) is 4.65. The molecule has 0 amide bonds. The van der Waals surface area contributed by atoms with Crippen molar-refractivity contribution in [1.29, 1.82) is 0 Å². The predicted octanol–water partition coefficient (Wildman–Crippen LogP) is 5.15. The van der Waals surface area contributed by atoms with Crippen LogP contribution in [0.5, 0.6) is 0 Å². The predicted molar refractivity (Wildman–Crippen MR) is 70.0 cm³/mol. The number of H-pyrrole nitrogens is 1. The molecule has 144 valence electrons. The van der Waals surface area contributed by atoms with Crippen molar-refractivity contribution in [3.63, 3.8) is 0 Å². The fourth-order valence-electron chi connectivity index (χ4n) is 1.86. The zero-order valence-corrected chi connectivity index (χ0v) is 12.5. The Morgan fingerprint density at radius 3 is 0.963 bits per heavy atom. The largest absolute Gasteiger partial charge is 0.351 e. The molecular weight excluding hydrogens is 398 g/mol. The Hall–Kier alpha value is -3.05. The van der Waals surface area contributed by atoms with Crippen LogP contribution < -0.4 is 0 Å². The van der Waals surface area contributed by atoms with Crippen LogP contribution in [0.1, 0.15) is 0 Å². The maximum Gasteiger partial charge on any atom is 0.200 e. The van der Waals surface area contributed by atoms with Crippen LogP contribution in [0.25, 0.3) is 11.1 Å². The van der Waals surface area contributed by atoms with Gasteiger partial charge in [0.2, 0.25) is 11.6 Å². The number of aromatic amines is 1. The Morgan fingerprint density at radius 2 is 0.778 bits per heavy atom. The summed E-state index contributed by atoms with van der Waals surface area (Å²) < 4.78 is 131. The number of rotatable bonds is 1. The van der Waals surface area contributed by atoms with Crippen LogP contribution >= 0.6 is 0 Å². The first-order valence-electron chi connectivity index (χ1n) is 6.57. The van der Waals surface area contributed by atoms with Crippen molar-refractivity contribution in [1.82, 2.24) is 9.97 Å². The van der Waals surface area contributed by atoms with E-state index in [4.69, 9.17) is 0 Å². The topological polar surface area (TPSA) is 28.7 Å². The third-order valence-corrected chi connectivity index (χ3v) is 3.08. The van der Waals surface area contributed by atoms with E-state index in [-0.39, 0.29) is 0 Å². The lowest BCUT2D eigenvalue weighted by Gasteiger charge is -2.11. The molecule has 0 saturated heterocycles. The van der Waals surface area contributed by atoms with Gasteiger partial charge < -0.3 is 4.98 Å². The molecule has 0 aliphatic heterocycles. The van der Waals surface area contributed by atoms with Gasteiger partial charge in [0.25, 0.3) is 0 Å². The smallest absolute Gasteiger partial charge is 0.200 e. The number of hydrogen-bond donors (Lipinski definition) is 1. The summed E-state index contributed by atoms with van der Waals surface area (Å²) in [5, 5.41) is 0. The zero-order valence-electron chi connectivity index (χ0n) is 12.5. The summed E-state index contributed by atoms with van der Waals surface area (Å²) >= 11 is 0. The van der Waals surface area contributed by atoms with Gasteiger partial charge in [0.1, 0.15) is 0 Å². The molecule has 0 unspecified atom stereocenters. The van der Waals surface area contributed by atoms with E-state index in [2.05, 4.69) is 9.97 Å². The summed E-state index contributed by atoms with van der Waals surface area (Å²) in [6.07, 6.45) is 5.08. The van der Waals surface area contributed by atoms with E-state index in [0.717, 1.165) is 0 Å². The molecule has 27 heavy (non-hydrogen) atoms. The fourth-order valence-corrected chi connectivity index (χ4v) is 1.86. The van der Waals surface area contributed by atoms with Crippen molar-refractivity contribution >= 4 is 0 Å². The van der Waals surface area contributed by atoms with Crippen LogP contribution in [0, 0.1) is 58.2 Å². The van der Waals surface area contributed by atoms with Gasteiger partial charge in [-0.3, -0.25) is 0 Å². The highest BCUT2D eigenvalue weighted by Gasteiger charge is 2.34. The van der Waals surface area contributed by atoms with E-state index < -0.39 is 69.3 Å². The molecule has 0 saturated carbocycles. The van der Waals surface area contributed by atoms with Crippen molar-refractivity contribution in [2.24, 2.45) is 0 Å². The number of nitrogens with zero attached hydrogens (tertiary/aromatic N) is 1. The SMILES string of the molecule is Fc1c(F)c(F)c(-c2c(F)c(F)c(F)c(F)c2F)c(F)c1F.c1c[nH]cn1. The minimum atomic E-state index is -2.68. The lowest BCUT2D eigenvalue weighted by Crippen LogP contribution is -2.10. The molecule has 1 heterocycles. The average Bonchev–Trinajstić information content (AvgIpc) is 3.24. The number of aromatic nitrogens is 2. The Morgan fingerprint density at radius 1 is 0.481 bits per heavy atom. The Bertz CT molecular complexity index is 843. The highest BCUT2D eigenvalue weighted by atomic mass is 19.2. The molecule has 0 bridgehead atoms. The monoisotopic (exact) mass is 402 g/mol. The first kappa shape index (κ1) is 20.3. The maximum absolute atomic E-state index is 13.4. The number of imidazole rings is 1. The molecular formula is C15H4F10N2. The van der Waals surface area contributed by atoms with Crippen molar-refractivity contribution < 1.29 is 43.9 Å². The summed E-state index contributed by atoms with van der Waals surface area (Å²) in [6.45, 7) is 0. The number of benzene rings is 2. The highest BCUT2D eigenvalue weighted by molar-refractivity contribution is 5.67. The number of nitrogens with one attached hydrogen (secondary N) is 1. The minimum Gasteiger partial charge on any atom is -0.351 e. The Labute approximate surface area is 143 Å². The quantitative estimate of drug-likeness (QED) is 0.340. The molecule has 2 nitrogen and oxygen atoms in total. The third kappa shape index (κ3) is 3.46. The third-order valence-electron chi connectivity index (χ3n) is 3.08. The first-order valence-corrected chi connectivity index (χ1v) is 6.57. The minimum absolute atomic E-state index is 1.62.